The molecule has 2 rings (SSSR count). The van der Waals surface area contributed by atoms with E-state index in [1.165, 1.54) is 120 Å². The molecule has 0 N–H and O–H groups in total. The van der Waals surface area contributed by atoms with Gasteiger partial charge in [0.2, 0.25) is 0 Å². The van der Waals surface area contributed by atoms with Gasteiger partial charge >= 0.3 is 44.9 Å². The van der Waals surface area contributed by atoms with Crippen LogP contribution in [0.4, 0.5) is 25.2 Å². The molecule has 0 aliphatic carbocycles. The number of carbonyl (C=O) groups excluding carboxylic acids is 2. The Morgan fingerprint density at radius 2 is 0.857 bits per heavy atom. The first-order valence-electron chi connectivity index (χ1n) is 21.4. The van der Waals surface area contributed by atoms with Crippen LogP contribution in [0.1, 0.15) is 190 Å². The molecule has 0 aliphatic heterocycles. The van der Waals surface area contributed by atoms with Gasteiger partial charge in [0.25, 0.3) is 0 Å². The molecule has 0 atom stereocenters. The summed E-state index contributed by atoms with van der Waals surface area (Å²) in [7, 11) is -10.7. The molecule has 1 aromatic heterocycles. The fraction of sp³-hybridized carbons (Fsp3) is 0.705. The summed E-state index contributed by atoms with van der Waals surface area (Å²) in [4.78, 5) is 25.8. The Kier molecular flexibility index (Phi) is 24.2. The SMILES string of the molecule is CCCCCCCCCCCCCC(=O)Oc1ccc(CC[n+]2c(C)cc(C)cc2C)cc1OC(=O)CCCCCCCCCCCCC.F[P-](F)(F)(F)(F)F. The second kappa shape index (κ2) is 26.3. The maximum atomic E-state index is 12.9. The molecule has 0 saturated carbocycles. The van der Waals surface area contributed by atoms with Crippen molar-refractivity contribution in [2.75, 3.05) is 0 Å². The van der Waals surface area contributed by atoms with Gasteiger partial charge in [0.05, 0.1) is 0 Å². The number of benzene rings is 1. The summed E-state index contributed by atoms with van der Waals surface area (Å²) in [6, 6.07) is 10.1. The molecule has 0 amide bonds. The Bertz CT molecular complexity index is 1380. The summed E-state index contributed by atoms with van der Waals surface area (Å²) in [6.45, 7) is 11.7. The molecule has 1 aromatic carbocycles. The van der Waals surface area contributed by atoms with Crippen molar-refractivity contribution in [1.29, 1.82) is 0 Å². The molecule has 0 saturated heterocycles. The van der Waals surface area contributed by atoms with Crippen molar-refractivity contribution in [3.63, 3.8) is 0 Å². The molecule has 0 fully saturated rings. The monoisotopic (exact) mass is 824 g/mol. The molecule has 0 aliphatic rings. The normalized spacial score (nSPS) is 12.7. The minimum atomic E-state index is -10.7. The molecule has 1 heterocycles. The van der Waals surface area contributed by atoms with Gasteiger partial charge in [0.15, 0.2) is 29.4 Å². The fourth-order valence-corrected chi connectivity index (χ4v) is 6.81. The van der Waals surface area contributed by atoms with Gasteiger partial charge in [0.1, 0.15) is 0 Å². The predicted octanol–water partition coefficient (Wildman–Crippen LogP) is 15.7. The van der Waals surface area contributed by atoms with Crippen molar-refractivity contribution in [2.45, 2.75) is 202 Å². The third-order valence-electron chi connectivity index (χ3n) is 9.77. The van der Waals surface area contributed by atoms with Crippen LogP contribution in [0.15, 0.2) is 30.3 Å². The fourth-order valence-electron chi connectivity index (χ4n) is 6.81. The van der Waals surface area contributed by atoms with Gasteiger partial charge < -0.3 is 9.47 Å². The molecular formula is C44H72F6NO4P. The van der Waals surface area contributed by atoms with E-state index in [1.54, 1.807) is 6.07 Å². The standard InChI is InChI=1S/C44H72NO4.F6P/c1-6-8-10-12-14-16-18-20-22-24-26-28-43(46)48-41-31-30-40(32-33-45-38(4)34-37(3)35-39(45)5)36-42(41)49-44(47)29-27-25-23-21-19-17-15-13-11-9-7-2;1-7(2,3,4,5)6/h30-31,34-36H,6-29,32-33H2,1-5H3;/q+1;-1. The van der Waals surface area contributed by atoms with Crippen LogP contribution >= 0.6 is 7.81 Å². The number of nitrogens with zero attached hydrogens (tertiary/aromatic N) is 1. The first-order valence-corrected chi connectivity index (χ1v) is 23.4. The number of unbranched alkanes of at least 4 members (excludes halogenated alkanes) is 20. The second-order valence-corrected chi connectivity index (χ2v) is 17.4. The summed E-state index contributed by atoms with van der Waals surface area (Å²) >= 11 is 0. The van der Waals surface area contributed by atoms with Crippen molar-refractivity contribution in [3.8, 4) is 11.5 Å². The van der Waals surface area contributed by atoms with Gasteiger partial charge in [-0.2, -0.15) is 4.57 Å². The molecule has 56 heavy (non-hydrogen) atoms. The van der Waals surface area contributed by atoms with Crippen LogP contribution in [-0.4, -0.2) is 11.9 Å². The van der Waals surface area contributed by atoms with E-state index in [0.717, 1.165) is 57.1 Å². The van der Waals surface area contributed by atoms with Crippen molar-refractivity contribution < 1.29 is 48.8 Å². The average Bonchev–Trinajstić information content (AvgIpc) is 3.08. The van der Waals surface area contributed by atoms with Gasteiger partial charge in [-0.3, -0.25) is 9.59 Å². The van der Waals surface area contributed by atoms with Crippen LogP contribution in [-0.2, 0) is 22.6 Å². The maximum absolute atomic E-state index is 12.9. The number of aryl methyl sites for hydroxylation is 4. The summed E-state index contributed by atoms with van der Waals surface area (Å²) in [5, 5.41) is 0. The Labute approximate surface area is 333 Å². The van der Waals surface area contributed by atoms with Gasteiger partial charge in [-0.15, -0.1) is 0 Å². The minimum absolute atomic E-state index is 0.254. The van der Waals surface area contributed by atoms with Crippen LogP contribution in [0.5, 0.6) is 11.5 Å². The molecule has 12 heteroatoms. The molecule has 0 radical (unpaired) electrons. The van der Waals surface area contributed by atoms with E-state index in [4.69, 9.17) is 9.47 Å². The van der Waals surface area contributed by atoms with Crippen LogP contribution in [0.2, 0.25) is 0 Å². The summed E-state index contributed by atoms with van der Waals surface area (Å²) < 4.78 is 73.2. The van der Waals surface area contributed by atoms with E-state index in [9.17, 15) is 34.8 Å². The Morgan fingerprint density at radius 1 is 0.518 bits per heavy atom. The molecule has 324 valence electrons. The molecule has 2 aromatic rings. The number of halogens is 6. The van der Waals surface area contributed by atoms with Crippen molar-refractivity contribution in [3.05, 3.63) is 52.8 Å². The zero-order valence-corrected chi connectivity index (χ0v) is 36.0. The van der Waals surface area contributed by atoms with Gasteiger partial charge in [0, 0.05) is 45.2 Å². The summed E-state index contributed by atoms with van der Waals surface area (Å²) in [5.41, 5.74) is 4.76. The second-order valence-electron chi connectivity index (χ2n) is 15.5. The quantitative estimate of drug-likeness (QED) is 0.0205. The van der Waals surface area contributed by atoms with Crippen LogP contribution in [0.3, 0.4) is 0 Å². The molecule has 0 bridgehead atoms. The van der Waals surface area contributed by atoms with Gasteiger partial charge in [-0.1, -0.05) is 148 Å². The zero-order valence-electron chi connectivity index (χ0n) is 35.1. The van der Waals surface area contributed by atoms with Crippen LogP contribution in [0, 0.1) is 20.8 Å². The van der Waals surface area contributed by atoms with Crippen molar-refractivity contribution in [2.24, 2.45) is 0 Å². The van der Waals surface area contributed by atoms with E-state index in [2.05, 4.69) is 51.3 Å². The Hall–Kier alpha value is -2.68. The summed E-state index contributed by atoms with van der Waals surface area (Å²) in [6.07, 6.45) is 28.8. The van der Waals surface area contributed by atoms with Crippen molar-refractivity contribution >= 4 is 19.7 Å². The Morgan fingerprint density at radius 3 is 1.23 bits per heavy atom. The van der Waals surface area contributed by atoms with E-state index < -0.39 is 7.81 Å². The van der Waals surface area contributed by atoms with E-state index in [0.29, 0.717) is 24.3 Å². The Balaban J connectivity index is 0.00000203. The number of pyridine rings is 1. The topological polar surface area (TPSA) is 56.5 Å². The average molecular weight is 824 g/mol. The molecule has 5 nitrogen and oxygen atoms in total. The third kappa shape index (κ3) is 30.5. The van der Waals surface area contributed by atoms with Crippen LogP contribution in [0.25, 0.3) is 0 Å². The number of aromatic nitrogens is 1. The number of hydrogen-bond donors (Lipinski definition) is 0. The van der Waals surface area contributed by atoms with E-state index in [-0.39, 0.29) is 11.9 Å². The number of rotatable bonds is 29. The summed E-state index contributed by atoms with van der Waals surface area (Å²) in [5.74, 6) is 0.197. The number of esters is 2. The van der Waals surface area contributed by atoms with Crippen LogP contribution < -0.4 is 14.0 Å². The molecular weight excluding hydrogens is 751 g/mol. The first-order chi connectivity index (χ1) is 26.3. The zero-order chi connectivity index (χ0) is 41.9. The van der Waals surface area contributed by atoms with E-state index in [1.807, 2.05) is 12.1 Å². The predicted molar refractivity (Wildman–Crippen MR) is 218 cm³/mol. The number of hydrogen-bond acceptors (Lipinski definition) is 4. The first kappa shape index (κ1) is 51.3. The molecule has 0 unspecified atom stereocenters. The third-order valence-corrected chi connectivity index (χ3v) is 9.77. The number of ether oxygens (including phenoxy) is 2. The van der Waals surface area contributed by atoms with Crippen molar-refractivity contribution in [1.82, 2.24) is 0 Å². The van der Waals surface area contributed by atoms with Gasteiger partial charge in [-0.05, 0) is 43.0 Å². The number of carbonyl (C=O) groups is 2. The molecule has 0 spiro atoms. The van der Waals surface area contributed by atoms with Gasteiger partial charge in [-0.25, -0.2) is 0 Å². The van der Waals surface area contributed by atoms with E-state index >= 15 is 0 Å².